The molecule has 1 rings (SSSR count). The molecule has 0 spiro atoms. The number of anilines is 1. The minimum Gasteiger partial charge on any atom is -0.452 e. The Morgan fingerprint density at radius 1 is 1.40 bits per heavy atom. The number of rotatable bonds is 5. The van der Waals surface area contributed by atoms with E-state index < -0.39 is 29.7 Å². The maximum absolute atomic E-state index is 13.5. The molecule has 3 N–H and O–H groups in total. The molecule has 1 aromatic rings. The first kappa shape index (κ1) is 15.6. The van der Waals surface area contributed by atoms with Gasteiger partial charge in [-0.25, -0.2) is 4.39 Å². The maximum atomic E-state index is 13.5. The molecule has 0 unspecified atom stereocenters. The fourth-order valence-corrected chi connectivity index (χ4v) is 1.54. The van der Waals surface area contributed by atoms with Crippen LogP contribution in [0, 0.1) is 5.82 Å². The van der Waals surface area contributed by atoms with Crippen molar-refractivity contribution in [3.8, 4) is 0 Å². The molecule has 1 atom stereocenters. The molecular formula is C13H15FN2O4. The molecule has 0 aliphatic carbocycles. The van der Waals surface area contributed by atoms with Crippen molar-refractivity contribution in [2.45, 2.75) is 26.4 Å². The van der Waals surface area contributed by atoms with Gasteiger partial charge in [0.2, 0.25) is 0 Å². The first-order valence-corrected chi connectivity index (χ1v) is 5.92. The van der Waals surface area contributed by atoms with E-state index in [1.54, 1.807) is 6.92 Å². The standard InChI is InChI=1S/C13H15FN2O4/c1-3-11(20-7(2)17)13(19)16-8-4-5-9(12(15)18)10(14)6-8/h4-6,11H,3H2,1-2H3,(H2,15,18)(H,16,19)/t11-/m1/s1. The third-order valence-corrected chi connectivity index (χ3v) is 2.47. The van der Waals surface area contributed by atoms with E-state index in [2.05, 4.69) is 5.32 Å². The number of halogens is 1. The van der Waals surface area contributed by atoms with Crippen molar-refractivity contribution in [3.63, 3.8) is 0 Å². The molecule has 0 fully saturated rings. The lowest BCUT2D eigenvalue weighted by molar-refractivity contribution is -0.152. The fraction of sp³-hybridized carbons (Fsp3) is 0.308. The normalized spacial score (nSPS) is 11.6. The highest BCUT2D eigenvalue weighted by Gasteiger charge is 2.20. The van der Waals surface area contributed by atoms with E-state index in [1.165, 1.54) is 19.1 Å². The van der Waals surface area contributed by atoms with E-state index in [0.29, 0.717) is 0 Å². The molecule has 0 radical (unpaired) electrons. The van der Waals surface area contributed by atoms with Gasteiger partial charge in [-0.3, -0.25) is 14.4 Å². The monoisotopic (exact) mass is 282 g/mol. The Balaban J connectivity index is 2.82. The summed E-state index contributed by atoms with van der Waals surface area (Å²) in [5.74, 6) is -2.89. The number of primary amides is 1. The number of esters is 1. The van der Waals surface area contributed by atoms with E-state index in [4.69, 9.17) is 10.5 Å². The topological polar surface area (TPSA) is 98.5 Å². The Kier molecular flexibility index (Phi) is 5.19. The first-order chi connectivity index (χ1) is 9.35. The van der Waals surface area contributed by atoms with Gasteiger partial charge in [-0.2, -0.15) is 0 Å². The van der Waals surface area contributed by atoms with Crippen LogP contribution in [0.5, 0.6) is 0 Å². The van der Waals surface area contributed by atoms with E-state index in [9.17, 15) is 18.8 Å². The summed E-state index contributed by atoms with van der Waals surface area (Å²) >= 11 is 0. The highest BCUT2D eigenvalue weighted by atomic mass is 19.1. The van der Waals surface area contributed by atoms with Gasteiger partial charge in [0.25, 0.3) is 11.8 Å². The Labute approximate surface area is 115 Å². The van der Waals surface area contributed by atoms with Crippen LogP contribution >= 0.6 is 0 Å². The first-order valence-electron chi connectivity index (χ1n) is 5.92. The summed E-state index contributed by atoms with van der Waals surface area (Å²) in [6.45, 7) is 2.86. The number of nitrogens with two attached hydrogens (primary N) is 1. The minimum atomic E-state index is -0.952. The Bertz CT molecular complexity index is 545. The molecule has 6 nitrogen and oxygen atoms in total. The molecule has 20 heavy (non-hydrogen) atoms. The van der Waals surface area contributed by atoms with Gasteiger partial charge in [0, 0.05) is 12.6 Å². The molecule has 0 aliphatic heterocycles. The van der Waals surface area contributed by atoms with Gasteiger partial charge in [-0.15, -0.1) is 0 Å². The zero-order valence-corrected chi connectivity index (χ0v) is 11.1. The molecule has 7 heteroatoms. The summed E-state index contributed by atoms with van der Waals surface area (Å²) in [5.41, 5.74) is 4.84. The van der Waals surface area contributed by atoms with Crippen LogP contribution in [0.3, 0.4) is 0 Å². The SMILES string of the molecule is CC[C@@H](OC(C)=O)C(=O)Nc1ccc(C(N)=O)c(F)c1. The van der Waals surface area contributed by atoms with Crippen molar-refractivity contribution < 1.29 is 23.5 Å². The average molecular weight is 282 g/mol. The van der Waals surface area contributed by atoms with E-state index in [-0.39, 0.29) is 17.7 Å². The third-order valence-electron chi connectivity index (χ3n) is 2.47. The fourth-order valence-electron chi connectivity index (χ4n) is 1.54. The van der Waals surface area contributed by atoms with E-state index in [1.807, 2.05) is 0 Å². The molecule has 2 amide bonds. The zero-order chi connectivity index (χ0) is 15.3. The van der Waals surface area contributed by atoms with Crippen LogP contribution in [0.15, 0.2) is 18.2 Å². The Morgan fingerprint density at radius 3 is 2.50 bits per heavy atom. The molecule has 0 saturated heterocycles. The van der Waals surface area contributed by atoms with E-state index in [0.717, 1.165) is 6.07 Å². The lowest BCUT2D eigenvalue weighted by atomic mass is 10.1. The number of hydrogen-bond acceptors (Lipinski definition) is 4. The number of ether oxygens (including phenoxy) is 1. The number of hydrogen-bond donors (Lipinski definition) is 2. The predicted octanol–water partition coefficient (Wildman–Crippen LogP) is 1.20. The van der Waals surface area contributed by atoms with Gasteiger partial charge < -0.3 is 15.8 Å². The van der Waals surface area contributed by atoms with Crippen molar-refractivity contribution in [2.24, 2.45) is 5.73 Å². The van der Waals surface area contributed by atoms with E-state index >= 15 is 0 Å². The van der Waals surface area contributed by atoms with Crippen molar-refractivity contribution in [2.75, 3.05) is 5.32 Å². The molecule has 108 valence electrons. The molecule has 0 bridgehead atoms. The second-order valence-electron chi connectivity index (χ2n) is 4.05. The van der Waals surface area contributed by atoms with Gasteiger partial charge in [-0.05, 0) is 24.6 Å². The summed E-state index contributed by atoms with van der Waals surface area (Å²) in [7, 11) is 0. The van der Waals surface area contributed by atoms with Crippen LogP contribution in [0.1, 0.15) is 30.6 Å². The van der Waals surface area contributed by atoms with Crippen molar-refractivity contribution >= 4 is 23.5 Å². The summed E-state index contributed by atoms with van der Waals surface area (Å²) in [6, 6.07) is 3.47. The second kappa shape index (κ2) is 6.65. The van der Waals surface area contributed by atoms with Crippen LogP contribution < -0.4 is 11.1 Å². The van der Waals surface area contributed by atoms with Crippen LogP contribution in [-0.4, -0.2) is 23.9 Å². The van der Waals surface area contributed by atoms with Gasteiger partial charge >= 0.3 is 5.97 Å². The van der Waals surface area contributed by atoms with Gasteiger partial charge in [0.05, 0.1) is 5.56 Å². The van der Waals surface area contributed by atoms with Crippen molar-refractivity contribution in [1.82, 2.24) is 0 Å². The van der Waals surface area contributed by atoms with Gasteiger partial charge in [0.1, 0.15) is 5.82 Å². The summed E-state index contributed by atoms with van der Waals surface area (Å²) in [4.78, 5) is 33.5. The van der Waals surface area contributed by atoms with Gasteiger partial charge in [0.15, 0.2) is 6.10 Å². The molecule has 1 aromatic carbocycles. The Morgan fingerprint density at radius 2 is 2.05 bits per heavy atom. The predicted molar refractivity (Wildman–Crippen MR) is 69.4 cm³/mol. The van der Waals surface area contributed by atoms with Crippen LogP contribution in [-0.2, 0) is 14.3 Å². The highest BCUT2D eigenvalue weighted by molar-refractivity contribution is 5.97. The summed E-state index contributed by atoms with van der Waals surface area (Å²) < 4.78 is 18.3. The quantitative estimate of drug-likeness (QED) is 0.793. The Hall–Kier alpha value is -2.44. The number of carbonyl (C=O) groups excluding carboxylic acids is 3. The number of nitrogens with one attached hydrogen (secondary N) is 1. The van der Waals surface area contributed by atoms with Crippen molar-refractivity contribution in [1.29, 1.82) is 0 Å². The summed E-state index contributed by atoms with van der Waals surface area (Å²) in [5, 5.41) is 2.40. The molecule has 0 aliphatic rings. The highest BCUT2D eigenvalue weighted by Crippen LogP contribution is 2.15. The lowest BCUT2D eigenvalue weighted by Gasteiger charge is -2.15. The smallest absolute Gasteiger partial charge is 0.303 e. The van der Waals surface area contributed by atoms with Crippen LogP contribution in [0.25, 0.3) is 0 Å². The minimum absolute atomic E-state index is 0.142. The number of amides is 2. The number of benzene rings is 1. The molecule has 0 aromatic heterocycles. The van der Waals surface area contributed by atoms with Crippen LogP contribution in [0.2, 0.25) is 0 Å². The van der Waals surface area contributed by atoms with Crippen molar-refractivity contribution in [3.05, 3.63) is 29.6 Å². The largest absolute Gasteiger partial charge is 0.452 e. The zero-order valence-electron chi connectivity index (χ0n) is 11.1. The van der Waals surface area contributed by atoms with Crippen LogP contribution in [0.4, 0.5) is 10.1 Å². The number of carbonyl (C=O) groups is 3. The average Bonchev–Trinajstić information content (AvgIpc) is 2.35. The lowest BCUT2D eigenvalue weighted by Crippen LogP contribution is -2.31. The summed E-state index contributed by atoms with van der Waals surface area (Å²) in [6.07, 6.45) is -0.667. The third kappa shape index (κ3) is 4.04. The maximum Gasteiger partial charge on any atom is 0.303 e. The second-order valence-corrected chi connectivity index (χ2v) is 4.05. The molecule has 0 saturated carbocycles. The molecule has 0 heterocycles. The van der Waals surface area contributed by atoms with Gasteiger partial charge in [-0.1, -0.05) is 6.92 Å². The molecular weight excluding hydrogens is 267 g/mol.